The molecule has 0 aliphatic carbocycles. The van der Waals surface area contributed by atoms with E-state index in [1.54, 1.807) is 0 Å². The van der Waals surface area contributed by atoms with E-state index in [1.165, 1.54) is 0 Å². The molecule has 0 spiro atoms. The van der Waals surface area contributed by atoms with Crippen molar-refractivity contribution in [1.82, 2.24) is 10.2 Å². The highest BCUT2D eigenvalue weighted by Gasteiger charge is 2.06. The fourth-order valence-electron chi connectivity index (χ4n) is 1.48. The molecule has 0 saturated heterocycles. The molecule has 78 valence electrons. The molecule has 2 aromatic rings. The Labute approximate surface area is 89.3 Å². The Morgan fingerprint density at radius 2 is 2.07 bits per heavy atom. The van der Waals surface area contributed by atoms with Crippen molar-refractivity contribution >= 4 is 5.69 Å². The van der Waals surface area contributed by atoms with Crippen molar-refractivity contribution < 1.29 is 0 Å². The Bertz CT molecular complexity index is 457. The standard InChI is InChI=1S/C12H15N3/c1-8(2)11-7-12(15-14-11)9-4-3-5-10(13)6-9/h3-8H,13H2,1-2H3,(H,14,15). The van der Waals surface area contributed by atoms with E-state index in [9.17, 15) is 0 Å². The molecule has 0 radical (unpaired) electrons. The van der Waals surface area contributed by atoms with Crippen LogP contribution in [0, 0.1) is 0 Å². The topological polar surface area (TPSA) is 54.7 Å². The molecule has 0 amide bonds. The molecule has 1 aromatic heterocycles. The van der Waals surface area contributed by atoms with E-state index in [4.69, 9.17) is 5.73 Å². The molecule has 0 unspecified atom stereocenters. The fraction of sp³-hybridized carbons (Fsp3) is 0.250. The normalized spacial score (nSPS) is 10.9. The van der Waals surface area contributed by atoms with Crippen molar-refractivity contribution in [2.24, 2.45) is 0 Å². The minimum atomic E-state index is 0.465. The molecule has 0 saturated carbocycles. The Hall–Kier alpha value is -1.77. The molecule has 1 heterocycles. The van der Waals surface area contributed by atoms with Gasteiger partial charge in [-0.3, -0.25) is 5.10 Å². The number of nitrogens with two attached hydrogens (primary N) is 1. The Morgan fingerprint density at radius 3 is 2.67 bits per heavy atom. The van der Waals surface area contributed by atoms with Gasteiger partial charge in [-0.05, 0) is 24.1 Å². The van der Waals surface area contributed by atoms with E-state index in [0.29, 0.717) is 5.92 Å². The van der Waals surface area contributed by atoms with Gasteiger partial charge >= 0.3 is 0 Å². The van der Waals surface area contributed by atoms with Crippen LogP contribution in [-0.4, -0.2) is 10.2 Å². The number of aromatic amines is 1. The second kappa shape index (κ2) is 3.77. The van der Waals surface area contributed by atoms with E-state index in [-0.39, 0.29) is 0 Å². The molecule has 0 atom stereocenters. The Kier molecular flexibility index (Phi) is 2.46. The van der Waals surface area contributed by atoms with Crippen LogP contribution < -0.4 is 5.73 Å². The number of benzene rings is 1. The lowest BCUT2D eigenvalue weighted by atomic mass is 10.1. The van der Waals surface area contributed by atoms with Gasteiger partial charge < -0.3 is 5.73 Å². The molecule has 0 bridgehead atoms. The maximum atomic E-state index is 5.72. The van der Waals surface area contributed by atoms with Gasteiger partial charge in [0.25, 0.3) is 0 Å². The first-order chi connectivity index (χ1) is 7.16. The molecule has 3 heteroatoms. The van der Waals surface area contributed by atoms with Gasteiger partial charge in [0, 0.05) is 16.9 Å². The van der Waals surface area contributed by atoms with Gasteiger partial charge in [0.2, 0.25) is 0 Å². The number of anilines is 1. The van der Waals surface area contributed by atoms with Crippen LogP contribution in [0.4, 0.5) is 5.69 Å². The number of hydrogen-bond acceptors (Lipinski definition) is 2. The first kappa shape index (κ1) is 9.77. The summed E-state index contributed by atoms with van der Waals surface area (Å²) < 4.78 is 0. The molecule has 1 aromatic carbocycles. The summed E-state index contributed by atoms with van der Waals surface area (Å²) in [7, 11) is 0. The Balaban J connectivity index is 2.37. The lowest BCUT2D eigenvalue weighted by Gasteiger charge is -1.98. The average Bonchev–Trinajstić information content (AvgIpc) is 2.66. The minimum Gasteiger partial charge on any atom is -0.399 e. The average molecular weight is 201 g/mol. The number of nitrogens with one attached hydrogen (secondary N) is 1. The molecular formula is C12H15N3. The zero-order chi connectivity index (χ0) is 10.8. The molecular weight excluding hydrogens is 186 g/mol. The highest BCUT2D eigenvalue weighted by molar-refractivity contribution is 5.64. The summed E-state index contributed by atoms with van der Waals surface area (Å²) in [5.74, 6) is 0.465. The third-order valence-corrected chi connectivity index (χ3v) is 2.40. The van der Waals surface area contributed by atoms with Crippen LogP contribution in [0.15, 0.2) is 30.3 Å². The SMILES string of the molecule is CC(C)c1cc(-c2cccc(N)c2)n[nH]1. The van der Waals surface area contributed by atoms with Crippen molar-refractivity contribution in [3.63, 3.8) is 0 Å². The van der Waals surface area contributed by atoms with Gasteiger partial charge in [0.15, 0.2) is 0 Å². The van der Waals surface area contributed by atoms with E-state index in [0.717, 1.165) is 22.6 Å². The summed E-state index contributed by atoms with van der Waals surface area (Å²) in [5.41, 5.74) is 9.64. The summed E-state index contributed by atoms with van der Waals surface area (Å²) in [5, 5.41) is 7.30. The molecule has 3 N–H and O–H groups in total. The second-order valence-electron chi connectivity index (χ2n) is 3.99. The zero-order valence-electron chi connectivity index (χ0n) is 8.99. The third-order valence-electron chi connectivity index (χ3n) is 2.40. The molecule has 0 fully saturated rings. The number of nitrogen functional groups attached to an aromatic ring is 1. The summed E-state index contributed by atoms with van der Waals surface area (Å²) in [6, 6.07) is 9.82. The van der Waals surface area contributed by atoms with Gasteiger partial charge in [-0.25, -0.2) is 0 Å². The van der Waals surface area contributed by atoms with Gasteiger partial charge in [-0.15, -0.1) is 0 Å². The number of rotatable bonds is 2. The van der Waals surface area contributed by atoms with Crippen molar-refractivity contribution in [3.8, 4) is 11.3 Å². The smallest absolute Gasteiger partial charge is 0.0924 e. The highest BCUT2D eigenvalue weighted by atomic mass is 15.1. The summed E-state index contributed by atoms with van der Waals surface area (Å²) in [6.07, 6.45) is 0. The quantitative estimate of drug-likeness (QED) is 0.734. The predicted molar refractivity (Wildman–Crippen MR) is 62.5 cm³/mol. The fourth-order valence-corrected chi connectivity index (χ4v) is 1.48. The zero-order valence-corrected chi connectivity index (χ0v) is 8.99. The van der Waals surface area contributed by atoms with Crippen LogP contribution >= 0.6 is 0 Å². The summed E-state index contributed by atoms with van der Waals surface area (Å²) in [4.78, 5) is 0. The molecule has 0 aliphatic rings. The number of nitrogens with zero attached hydrogens (tertiary/aromatic N) is 1. The third kappa shape index (κ3) is 2.01. The molecule has 15 heavy (non-hydrogen) atoms. The van der Waals surface area contributed by atoms with Crippen LogP contribution in [0.1, 0.15) is 25.5 Å². The lowest BCUT2D eigenvalue weighted by Crippen LogP contribution is -1.85. The van der Waals surface area contributed by atoms with Gasteiger partial charge in [0.1, 0.15) is 0 Å². The second-order valence-corrected chi connectivity index (χ2v) is 3.99. The van der Waals surface area contributed by atoms with E-state index in [1.807, 2.05) is 24.3 Å². The van der Waals surface area contributed by atoms with Gasteiger partial charge in [-0.2, -0.15) is 5.10 Å². The maximum Gasteiger partial charge on any atom is 0.0924 e. The highest BCUT2D eigenvalue weighted by Crippen LogP contribution is 2.22. The lowest BCUT2D eigenvalue weighted by molar-refractivity contribution is 0.811. The number of H-pyrrole nitrogens is 1. The van der Waals surface area contributed by atoms with Crippen molar-refractivity contribution in [2.45, 2.75) is 19.8 Å². The van der Waals surface area contributed by atoms with Crippen LogP contribution in [0.25, 0.3) is 11.3 Å². The predicted octanol–water partition coefficient (Wildman–Crippen LogP) is 2.78. The largest absolute Gasteiger partial charge is 0.399 e. The molecule has 2 rings (SSSR count). The Morgan fingerprint density at radius 1 is 1.27 bits per heavy atom. The van der Waals surface area contributed by atoms with E-state index in [2.05, 4.69) is 30.1 Å². The number of hydrogen-bond donors (Lipinski definition) is 2. The number of aromatic nitrogens is 2. The van der Waals surface area contributed by atoms with Crippen LogP contribution in [0.2, 0.25) is 0 Å². The maximum absolute atomic E-state index is 5.72. The summed E-state index contributed by atoms with van der Waals surface area (Å²) in [6.45, 7) is 4.27. The van der Waals surface area contributed by atoms with Crippen molar-refractivity contribution in [3.05, 3.63) is 36.0 Å². The van der Waals surface area contributed by atoms with Crippen LogP contribution in [-0.2, 0) is 0 Å². The van der Waals surface area contributed by atoms with E-state index >= 15 is 0 Å². The monoisotopic (exact) mass is 201 g/mol. The minimum absolute atomic E-state index is 0.465. The summed E-state index contributed by atoms with van der Waals surface area (Å²) >= 11 is 0. The van der Waals surface area contributed by atoms with Gasteiger partial charge in [-0.1, -0.05) is 26.0 Å². The van der Waals surface area contributed by atoms with Crippen LogP contribution in [0.5, 0.6) is 0 Å². The van der Waals surface area contributed by atoms with Crippen molar-refractivity contribution in [2.75, 3.05) is 5.73 Å². The molecule has 0 aliphatic heterocycles. The first-order valence-electron chi connectivity index (χ1n) is 5.08. The van der Waals surface area contributed by atoms with Gasteiger partial charge in [0.05, 0.1) is 5.69 Å². The van der Waals surface area contributed by atoms with Crippen molar-refractivity contribution in [1.29, 1.82) is 0 Å². The van der Waals surface area contributed by atoms with E-state index < -0.39 is 0 Å². The molecule has 3 nitrogen and oxygen atoms in total. The van der Waals surface area contributed by atoms with Crippen LogP contribution in [0.3, 0.4) is 0 Å². The first-order valence-corrected chi connectivity index (χ1v) is 5.08.